The smallest absolute Gasteiger partial charge is 0.144 e. The van der Waals surface area contributed by atoms with Crippen LogP contribution in [0.1, 0.15) is 38.7 Å². The van der Waals surface area contributed by atoms with Gasteiger partial charge in [-0.2, -0.15) is 0 Å². The van der Waals surface area contributed by atoms with Crippen LogP contribution in [-0.4, -0.2) is 17.6 Å². The molecule has 112 valence electrons. The molecule has 0 radical (unpaired) electrons. The van der Waals surface area contributed by atoms with Crippen molar-refractivity contribution in [3.8, 4) is 0 Å². The van der Waals surface area contributed by atoms with Crippen molar-refractivity contribution in [2.24, 2.45) is 16.3 Å². The number of benzene rings is 1. The van der Waals surface area contributed by atoms with Crippen molar-refractivity contribution in [3.63, 3.8) is 0 Å². The van der Waals surface area contributed by atoms with E-state index in [2.05, 4.69) is 27.2 Å². The Morgan fingerprint density at radius 2 is 2.15 bits per heavy atom. The SMILES string of the molecule is CC(C)(CCCCOCc1cccc(Br)c1)/C(N)=N/O. The molecule has 0 unspecified atom stereocenters. The van der Waals surface area contributed by atoms with Gasteiger partial charge in [-0.05, 0) is 30.5 Å². The van der Waals surface area contributed by atoms with Gasteiger partial charge in [-0.15, -0.1) is 0 Å². The van der Waals surface area contributed by atoms with Crippen LogP contribution in [0.3, 0.4) is 0 Å². The molecule has 4 nitrogen and oxygen atoms in total. The van der Waals surface area contributed by atoms with Gasteiger partial charge in [-0.1, -0.05) is 53.5 Å². The monoisotopic (exact) mass is 342 g/mol. The summed E-state index contributed by atoms with van der Waals surface area (Å²) in [6.45, 7) is 5.30. The Kier molecular flexibility index (Phi) is 7.02. The number of ether oxygens (including phenoxy) is 1. The molecule has 0 saturated heterocycles. The molecule has 0 aliphatic heterocycles. The Hall–Kier alpha value is -1.07. The van der Waals surface area contributed by atoms with Crippen LogP contribution in [0.15, 0.2) is 33.9 Å². The number of unbranched alkanes of at least 4 members (excludes halogenated alkanes) is 1. The predicted molar refractivity (Wildman–Crippen MR) is 84.8 cm³/mol. The Balaban J connectivity index is 2.17. The summed E-state index contributed by atoms with van der Waals surface area (Å²) in [5.41, 5.74) is 6.54. The lowest BCUT2D eigenvalue weighted by Crippen LogP contribution is -2.31. The molecular weight excluding hydrogens is 320 g/mol. The molecule has 0 saturated carbocycles. The lowest BCUT2D eigenvalue weighted by atomic mass is 9.86. The molecule has 1 rings (SSSR count). The van der Waals surface area contributed by atoms with Crippen molar-refractivity contribution in [1.29, 1.82) is 0 Å². The second-order valence-electron chi connectivity index (χ2n) is 5.51. The Morgan fingerprint density at radius 3 is 2.80 bits per heavy atom. The molecule has 0 bridgehead atoms. The summed E-state index contributed by atoms with van der Waals surface area (Å²) in [7, 11) is 0. The third kappa shape index (κ3) is 5.92. The van der Waals surface area contributed by atoms with Crippen LogP contribution in [0.4, 0.5) is 0 Å². The third-order valence-electron chi connectivity index (χ3n) is 3.30. The number of amidine groups is 1. The van der Waals surface area contributed by atoms with Crippen molar-refractivity contribution in [2.75, 3.05) is 6.61 Å². The molecule has 0 atom stereocenters. The zero-order chi connectivity index (χ0) is 15.0. The summed E-state index contributed by atoms with van der Waals surface area (Å²) < 4.78 is 6.71. The predicted octanol–water partition coefficient (Wildman–Crippen LogP) is 3.91. The van der Waals surface area contributed by atoms with E-state index in [4.69, 9.17) is 15.7 Å². The summed E-state index contributed by atoms with van der Waals surface area (Å²) >= 11 is 3.44. The number of hydrogen-bond donors (Lipinski definition) is 2. The van der Waals surface area contributed by atoms with Gasteiger partial charge in [0.1, 0.15) is 5.84 Å². The van der Waals surface area contributed by atoms with E-state index in [1.165, 1.54) is 0 Å². The molecule has 5 heteroatoms. The first-order chi connectivity index (χ1) is 9.45. The van der Waals surface area contributed by atoms with Crippen molar-refractivity contribution in [3.05, 3.63) is 34.3 Å². The molecule has 0 aliphatic carbocycles. The zero-order valence-electron chi connectivity index (χ0n) is 12.1. The van der Waals surface area contributed by atoms with Crippen LogP contribution < -0.4 is 5.73 Å². The maximum atomic E-state index is 8.69. The van der Waals surface area contributed by atoms with Gasteiger partial charge in [0, 0.05) is 16.5 Å². The summed E-state index contributed by atoms with van der Waals surface area (Å²) in [6, 6.07) is 8.11. The molecule has 1 aromatic carbocycles. The van der Waals surface area contributed by atoms with Crippen molar-refractivity contribution < 1.29 is 9.94 Å². The molecular formula is C15H23BrN2O2. The minimum atomic E-state index is -0.265. The normalized spacial score (nSPS) is 12.7. The number of oxime groups is 1. The summed E-state index contributed by atoms with van der Waals surface area (Å²) in [5, 5.41) is 11.8. The van der Waals surface area contributed by atoms with E-state index in [-0.39, 0.29) is 11.3 Å². The summed E-state index contributed by atoms with van der Waals surface area (Å²) in [5.74, 6) is 0.285. The Morgan fingerprint density at radius 1 is 1.40 bits per heavy atom. The molecule has 3 N–H and O–H groups in total. The molecule has 1 aromatic rings. The molecule has 0 aromatic heterocycles. The van der Waals surface area contributed by atoms with E-state index < -0.39 is 0 Å². The van der Waals surface area contributed by atoms with Gasteiger partial charge < -0.3 is 15.7 Å². The molecule has 0 fully saturated rings. The van der Waals surface area contributed by atoms with Gasteiger partial charge in [0.05, 0.1) is 6.61 Å². The van der Waals surface area contributed by atoms with Crippen LogP contribution in [0.5, 0.6) is 0 Å². The van der Waals surface area contributed by atoms with Crippen LogP contribution in [0.2, 0.25) is 0 Å². The Labute approximate surface area is 129 Å². The minimum Gasteiger partial charge on any atom is -0.409 e. The second-order valence-corrected chi connectivity index (χ2v) is 6.42. The number of nitrogens with zero attached hydrogens (tertiary/aromatic N) is 1. The van der Waals surface area contributed by atoms with Crippen molar-refractivity contribution in [2.45, 2.75) is 39.7 Å². The lowest BCUT2D eigenvalue weighted by Gasteiger charge is -2.22. The van der Waals surface area contributed by atoms with E-state index in [0.717, 1.165) is 35.9 Å². The Bertz CT molecular complexity index is 447. The fourth-order valence-corrected chi connectivity index (χ4v) is 2.30. The summed E-state index contributed by atoms with van der Waals surface area (Å²) in [4.78, 5) is 0. The van der Waals surface area contributed by atoms with E-state index >= 15 is 0 Å². The zero-order valence-corrected chi connectivity index (χ0v) is 13.7. The molecule has 0 heterocycles. The summed E-state index contributed by atoms with van der Waals surface area (Å²) in [6.07, 6.45) is 2.83. The first kappa shape index (κ1) is 17.0. The fourth-order valence-electron chi connectivity index (χ4n) is 1.85. The average Bonchev–Trinajstić information content (AvgIpc) is 2.41. The van der Waals surface area contributed by atoms with Crippen LogP contribution in [0, 0.1) is 5.41 Å². The number of hydrogen-bond acceptors (Lipinski definition) is 3. The highest BCUT2D eigenvalue weighted by atomic mass is 79.9. The molecule has 0 spiro atoms. The third-order valence-corrected chi connectivity index (χ3v) is 3.79. The fraction of sp³-hybridized carbons (Fsp3) is 0.533. The molecule has 0 aliphatic rings. The quantitative estimate of drug-likeness (QED) is 0.247. The highest BCUT2D eigenvalue weighted by molar-refractivity contribution is 9.10. The van der Waals surface area contributed by atoms with E-state index in [1.54, 1.807) is 0 Å². The van der Waals surface area contributed by atoms with E-state index in [0.29, 0.717) is 6.61 Å². The van der Waals surface area contributed by atoms with Gasteiger partial charge in [-0.3, -0.25) is 0 Å². The molecule has 0 amide bonds. The number of rotatable bonds is 8. The van der Waals surface area contributed by atoms with E-state index in [1.807, 2.05) is 32.0 Å². The van der Waals surface area contributed by atoms with Gasteiger partial charge >= 0.3 is 0 Å². The van der Waals surface area contributed by atoms with Gasteiger partial charge in [0.15, 0.2) is 0 Å². The highest BCUT2D eigenvalue weighted by Crippen LogP contribution is 2.23. The van der Waals surface area contributed by atoms with Crippen LogP contribution in [0.25, 0.3) is 0 Å². The van der Waals surface area contributed by atoms with Crippen molar-refractivity contribution >= 4 is 21.8 Å². The standard InChI is InChI=1S/C15H23BrN2O2/c1-15(2,14(17)18-19)8-3-4-9-20-11-12-6-5-7-13(16)10-12/h5-7,10,19H,3-4,8-9,11H2,1-2H3,(H2,17,18). The first-order valence-corrected chi connectivity index (χ1v) is 7.55. The minimum absolute atomic E-state index is 0.265. The second kappa shape index (κ2) is 8.27. The number of nitrogens with two attached hydrogens (primary N) is 1. The molecule has 20 heavy (non-hydrogen) atoms. The van der Waals surface area contributed by atoms with Crippen LogP contribution in [-0.2, 0) is 11.3 Å². The number of halogens is 1. The van der Waals surface area contributed by atoms with Crippen molar-refractivity contribution in [1.82, 2.24) is 0 Å². The topological polar surface area (TPSA) is 67.8 Å². The largest absolute Gasteiger partial charge is 0.409 e. The van der Waals surface area contributed by atoms with E-state index in [9.17, 15) is 0 Å². The highest BCUT2D eigenvalue weighted by Gasteiger charge is 2.22. The lowest BCUT2D eigenvalue weighted by molar-refractivity contribution is 0.115. The maximum Gasteiger partial charge on any atom is 0.144 e. The van der Waals surface area contributed by atoms with Gasteiger partial charge in [0.25, 0.3) is 0 Å². The van der Waals surface area contributed by atoms with Gasteiger partial charge in [0.2, 0.25) is 0 Å². The first-order valence-electron chi connectivity index (χ1n) is 6.76. The average molecular weight is 343 g/mol. The maximum absolute atomic E-state index is 8.69. The van der Waals surface area contributed by atoms with Gasteiger partial charge in [-0.25, -0.2) is 0 Å². The van der Waals surface area contributed by atoms with Crippen LogP contribution >= 0.6 is 15.9 Å².